The molecule has 24 heavy (non-hydrogen) atoms. The molecule has 0 aliphatic heterocycles. The summed E-state index contributed by atoms with van der Waals surface area (Å²) in [6, 6.07) is 9.60. The van der Waals surface area contributed by atoms with Gasteiger partial charge >= 0.3 is 5.97 Å². The van der Waals surface area contributed by atoms with Crippen molar-refractivity contribution in [1.29, 1.82) is 0 Å². The molecule has 126 valence electrons. The zero-order valence-electron chi connectivity index (χ0n) is 12.8. The number of benzene rings is 1. The van der Waals surface area contributed by atoms with Gasteiger partial charge in [0.2, 0.25) is 0 Å². The summed E-state index contributed by atoms with van der Waals surface area (Å²) in [6.45, 7) is 0.548. The highest BCUT2D eigenvalue weighted by atomic mass is 35.5. The van der Waals surface area contributed by atoms with Crippen LogP contribution in [-0.2, 0) is 4.74 Å². The Morgan fingerprint density at radius 2 is 1.54 bits per heavy atom. The Morgan fingerprint density at radius 3 is 2.17 bits per heavy atom. The number of carbonyl (C=O) groups is 3. The van der Waals surface area contributed by atoms with Crippen molar-refractivity contribution in [3.05, 3.63) is 56.7 Å². The topological polar surface area (TPSA) is 84.5 Å². The SMILES string of the molecule is COC(=O)c1ccc(C(=O)NCCNC(=O)c2ccc(Cl)cc2)s1. The van der Waals surface area contributed by atoms with E-state index in [-0.39, 0.29) is 24.9 Å². The number of carbonyl (C=O) groups excluding carboxylic acids is 3. The molecule has 1 aromatic heterocycles. The van der Waals surface area contributed by atoms with Crippen LogP contribution in [-0.4, -0.2) is 38.0 Å². The van der Waals surface area contributed by atoms with Gasteiger partial charge in [-0.15, -0.1) is 11.3 Å². The lowest BCUT2D eigenvalue weighted by Gasteiger charge is -2.06. The quantitative estimate of drug-likeness (QED) is 0.607. The summed E-state index contributed by atoms with van der Waals surface area (Å²) in [7, 11) is 1.28. The Balaban J connectivity index is 1.76. The van der Waals surface area contributed by atoms with Crippen LogP contribution in [0.4, 0.5) is 0 Å². The molecular formula is C16H15ClN2O4S. The van der Waals surface area contributed by atoms with Gasteiger partial charge in [0.15, 0.2) is 0 Å². The van der Waals surface area contributed by atoms with Crippen molar-refractivity contribution in [3.8, 4) is 0 Å². The van der Waals surface area contributed by atoms with Gasteiger partial charge in [-0.3, -0.25) is 9.59 Å². The van der Waals surface area contributed by atoms with Gasteiger partial charge in [0.05, 0.1) is 12.0 Å². The summed E-state index contributed by atoms with van der Waals surface area (Å²) in [4.78, 5) is 35.9. The van der Waals surface area contributed by atoms with Crippen LogP contribution >= 0.6 is 22.9 Å². The first kappa shape index (κ1) is 18.0. The van der Waals surface area contributed by atoms with Crippen molar-refractivity contribution in [2.24, 2.45) is 0 Å². The highest BCUT2D eigenvalue weighted by Gasteiger charge is 2.13. The number of esters is 1. The molecule has 2 amide bonds. The smallest absolute Gasteiger partial charge is 0.348 e. The normalized spacial score (nSPS) is 10.1. The van der Waals surface area contributed by atoms with Crippen LogP contribution in [0.3, 0.4) is 0 Å². The minimum atomic E-state index is -0.478. The van der Waals surface area contributed by atoms with E-state index in [4.69, 9.17) is 11.6 Å². The third kappa shape index (κ3) is 4.81. The van der Waals surface area contributed by atoms with E-state index >= 15 is 0 Å². The first-order valence-corrected chi connectivity index (χ1v) is 8.21. The third-order valence-electron chi connectivity index (χ3n) is 3.02. The average Bonchev–Trinajstić information content (AvgIpc) is 3.08. The van der Waals surface area contributed by atoms with Crippen molar-refractivity contribution in [2.45, 2.75) is 0 Å². The van der Waals surface area contributed by atoms with Crippen LogP contribution in [0.25, 0.3) is 0 Å². The van der Waals surface area contributed by atoms with Gasteiger partial charge in [-0.05, 0) is 36.4 Å². The Hall–Kier alpha value is -2.38. The standard InChI is InChI=1S/C16H15ClN2O4S/c1-23-16(22)13-7-6-12(24-13)15(21)19-9-8-18-14(20)10-2-4-11(17)5-3-10/h2-7H,8-9H2,1H3,(H,18,20)(H,19,21). The Labute approximate surface area is 147 Å². The predicted octanol–water partition coefficient (Wildman–Crippen LogP) is 2.35. The van der Waals surface area contributed by atoms with Crippen LogP contribution in [0.15, 0.2) is 36.4 Å². The monoisotopic (exact) mass is 366 g/mol. The molecular weight excluding hydrogens is 352 g/mol. The van der Waals surface area contributed by atoms with Gasteiger partial charge in [0, 0.05) is 23.7 Å². The zero-order chi connectivity index (χ0) is 17.5. The van der Waals surface area contributed by atoms with Crippen LogP contribution < -0.4 is 10.6 Å². The summed E-state index contributed by atoms with van der Waals surface area (Å²) >= 11 is 6.81. The number of rotatable bonds is 6. The molecule has 6 nitrogen and oxygen atoms in total. The Morgan fingerprint density at radius 1 is 0.958 bits per heavy atom. The van der Waals surface area contributed by atoms with Gasteiger partial charge in [-0.1, -0.05) is 11.6 Å². The first-order chi connectivity index (χ1) is 11.5. The maximum Gasteiger partial charge on any atom is 0.348 e. The van der Waals surface area contributed by atoms with E-state index in [1.54, 1.807) is 30.3 Å². The summed E-state index contributed by atoms with van der Waals surface area (Å²) in [5.41, 5.74) is 0.492. The van der Waals surface area contributed by atoms with Crippen LogP contribution in [0, 0.1) is 0 Å². The van der Waals surface area contributed by atoms with Gasteiger partial charge in [0.1, 0.15) is 4.88 Å². The van der Waals surface area contributed by atoms with E-state index in [0.717, 1.165) is 11.3 Å². The van der Waals surface area contributed by atoms with E-state index in [1.807, 2.05) is 0 Å². The maximum atomic E-state index is 11.9. The van der Waals surface area contributed by atoms with E-state index in [1.165, 1.54) is 13.2 Å². The molecule has 0 aliphatic carbocycles. The van der Waals surface area contributed by atoms with Crippen LogP contribution in [0.1, 0.15) is 29.7 Å². The third-order valence-corrected chi connectivity index (χ3v) is 4.33. The molecule has 1 heterocycles. The highest BCUT2D eigenvalue weighted by Crippen LogP contribution is 2.17. The first-order valence-electron chi connectivity index (χ1n) is 7.01. The van der Waals surface area contributed by atoms with E-state index in [9.17, 15) is 14.4 Å². The number of nitrogens with one attached hydrogen (secondary N) is 2. The van der Waals surface area contributed by atoms with Crippen molar-refractivity contribution in [2.75, 3.05) is 20.2 Å². The highest BCUT2D eigenvalue weighted by molar-refractivity contribution is 7.15. The van der Waals surface area contributed by atoms with E-state index in [0.29, 0.717) is 20.3 Å². The van der Waals surface area contributed by atoms with Crippen LogP contribution in [0.2, 0.25) is 5.02 Å². The fourth-order valence-corrected chi connectivity index (χ4v) is 2.78. The molecule has 0 spiro atoms. The molecule has 0 bridgehead atoms. The van der Waals surface area contributed by atoms with Crippen molar-refractivity contribution >= 4 is 40.7 Å². The number of thiophene rings is 1. The molecule has 0 radical (unpaired) electrons. The summed E-state index contributed by atoms with van der Waals surface area (Å²) < 4.78 is 4.59. The Kier molecular flexibility index (Phi) is 6.34. The second-order valence-electron chi connectivity index (χ2n) is 4.67. The number of ether oxygens (including phenoxy) is 1. The number of amides is 2. The molecule has 0 aliphatic rings. The minimum Gasteiger partial charge on any atom is -0.465 e. The number of methoxy groups -OCH3 is 1. The lowest BCUT2D eigenvalue weighted by Crippen LogP contribution is -2.34. The summed E-state index contributed by atoms with van der Waals surface area (Å²) in [5.74, 6) is -1.03. The zero-order valence-corrected chi connectivity index (χ0v) is 14.4. The van der Waals surface area contributed by atoms with Crippen LogP contribution in [0.5, 0.6) is 0 Å². The molecule has 0 saturated heterocycles. The second-order valence-corrected chi connectivity index (χ2v) is 6.19. The van der Waals surface area contributed by atoms with E-state index < -0.39 is 5.97 Å². The van der Waals surface area contributed by atoms with Gasteiger partial charge in [-0.2, -0.15) is 0 Å². The predicted molar refractivity (Wildman–Crippen MR) is 91.8 cm³/mol. The largest absolute Gasteiger partial charge is 0.465 e. The lowest BCUT2D eigenvalue weighted by atomic mass is 10.2. The molecule has 2 aromatic rings. The van der Waals surface area contributed by atoms with Crippen molar-refractivity contribution in [1.82, 2.24) is 10.6 Å². The average molecular weight is 367 g/mol. The molecule has 0 fully saturated rings. The summed E-state index contributed by atoms with van der Waals surface area (Å²) in [6.07, 6.45) is 0. The van der Waals surface area contributed by atoms with Crippen molar-refractivity contribution in [3.63, 3.8) is 0 Å². The lowest BCUT2D eigenvalue weighted by molar-refractivity contribution is 0.0606. The molecule has 0 unspecified atom stereocenters. The molecule has 8 heteroatoms. The maximum absolute atomic E-state index is 11.9. The molecule has 0 atom stereocenters. The van der Waals surface area contributed by atoms with Gasteiger partial charge in [-0.25, -0.2) is 4.79 Å². The number of hydrogen-bond donors (Lipinski definition) is 2. The second kappa shape index (κ2) is 8.47. The van der Waals surface area contributed by atoms with E-state index in [2.05, 4.69) is 15.4 Å². The molecule has 2 N–H and O–H groups in total. The van der Waals surface area contributed by atoms with Gasteiger partial charge in [0.25, 0.3) is 11.8 Å². The molecule has 1 aromatic carbocycles. The number of halogens is 1. The number of hydrogen-bond acceptors (Lipinski definition) is 5. The summed E-state index contributed by atoms with van der Waals surface area (Å²) in [5, 5.41) is 5.92. The minimum absolute atomic E-state index is 0.245. The molecule has 2 rings (SSSR count). The molecule has 0 saturated carbocycles. The fraction of sp³-hybridized carbons (Fsp3) is 0.188. The Bertz CT molecular complexity index is 743. The van der Waals surface area contributed by atoms with Crippen molar-refractivity contribution < 1.29 is 19.1 Å². The van der Waals surface area contributed by atoms with Gasteiger partial charge < -0.3 is 15.4 Å². The fourth-order valence-electron chi connectivity index (χ4n) is 1.81.